The van der Waals surface area contributed by atoms with Gasteiger partial charge >= 0.3 is 5.97 Å². The van der Waals surface area contributed by atoms with Gasteiger partial charge in [-0.05, 0) is 74.6 Å². The fraction of sp³-hybridized carbons (Fsp3) is 0.462. The number of nitrogens with zero attached hydrogens (tertiary/aromatic N) is 5. The number of carbonyl (C=O) groups is 1. The van der Waals surface area contributed by atoms with Crippen LogP contribution in [0.3, 0.4) is 0 Å². The molecule has 1 aliphatic rings. The van der Waals surface area contributed by atoms with E-state index in [1.165, 1.54) is 11.1 Å². The van der Waals surface area contributed by atoms with Crippen LogP contribution in [0.25, 0.3) is 17.1 Å². The van der Waals surface area contributed by atoms with Crippen molar-refractivity contribution in [3.63, 3.8) is 0 Å². The molecule has 1 unspecified atom stereocenters. The topological polar surface area (TPSA) is 65.2 Å². The molecule has 8 heteroatoms. The molecule has 3 aromatic rings. The maximum absolute atomic E-state index is 12.3. The molecule has 0 spiro atoms. The number of piperidine rings is 1. The van der Waals surface area contributed by atoms with Gasteiger partial charge in [-0.15, -0.1) is 5.10 Å². The van der Waals surface area contributed by atoms with Gasteiger partial charge in [0.1, 0.15) is 0 Å². The molecule has 0 bridgehead atoms. The van der Waals surface area contributed by atoms with Gasteiger partial charge in [-0.3, -0.25) is 19.2 Å². The van der Waals surface area contributed by atoms with Crippen molar-refractivity contribution < 1.29 is 9.53 Å². The zero-order chi connectivity index (χ0) is 24.1. The average molecular weight is 480 g/mol. The number of ether oxygens (including phenoxy) is 1. The lowest BCUT2D eigenvalue weighted by molar-refractivity contribution is -0.150. The Morgan fingerprint density at radius 3 is 2.56 bits per heavy atom. The summed E-state index contributed by atoms with van der Waals surface area (Å²) in [7, 11) is 0. The zero-order valence-electron chi connectivity index (χ0n) is 20.2. The summed E-state index contributed by atoms with van der Waals surface area (Å²) in [6.07, 6.45) is 7.20. The Balaban J connectivity index is 1.77. The fourth-order valence-corrected chi connectivity index (χ4v) is 4.99. The molecule has 180 valence electrons. The highest BCUT2D eigenvalue weighted by Crippen LogP contribution is 2.28. The minimum absolute atomic E-state index is 0.102. The van der Waals surface area contributed by atoms with Crippen LogP contribution in [-0.2, 0) is 29.0 Å². The molecule has 0 saturated carbocycles. The molecule has 1 atom stereocenters. The Labute approximate surface area is 206 Å². The summed E-state index contributed by atoms with van der Waals surface area (Å²) in [5.41, 5.74) is 4.51. The van der Waals surface area contributed by atoms with E-state index in [1.807, 2.05) is 29.9 Å². The van der Waals surface area contributed by atoms with Gasteiger partial charge in [-0.2, -0.15) is 0 Å². The third-order valence-electron chi connectivity index (χ3n) is 6.41. The normalized spacial score (nSPS) is 16.5. The van der Waals surface area contributed by atoms with Crippen LogP contribution in [-0.4, -0.2) is 49.9 Å². The van der Waals surface area contributed by atoms with Crippen LogP contribution in [0, 0.1) is 10.7 Å². The second-order valence-electron chi connectivity index (χ2n) is 8.62. The predicted molar refractivity (Wildman–Crippen MR) is 135 cm³/mol. The molecule has 1 aliphatic heterocycles. The SMILES string of the molecule is CCOC(=O)C1CCCN(Cn2nc(-c3cccnc3)n(-c3c(CC)cccc3CC)c2=S)C1. The van der Waals surface area contributed by atoms with E-state index in [4.69, 9.17) is 22.1 Å². The number of carbonyl (C=O) groups excluding carboxylic acids is 1. The summed E-state index contributed by atoms with van der Waals surface area (Å²) in [5.74, 6) is 0.574. The average Bonchev–Trinajstić information content (AvgIpc) is 3.19. The Morgan fingerprint density at radius 1 is 1.15 bits per heavy atom. The van der Waals surface area contributed by atoms with Crippen LogP contribution in [0.4, 0.5) is 0 Å². The molecule has 1 aromatic carbocycles. The minimum atomic E-state index is -0.109. The van der Waals surface area contributed by atoms with Crippen LogP contribution in [0.1, 0.15) is 44.7 Å². The van der Waals surface area contributed by atoms with Crippen molar-refractivity contribution in [3.05, 3.63) is 58.6 Å². The van der Waals surface area contributed by atoms with Gasteiger partial charge in [0.2, 0.25) is 4.77 Å². The van der Waals surface area contributed by atoms with Crippen molar-refractivity contribution in [2.45, 2.75) is 53.1 Å². The number of para-hydroxylation sites is 1. The molecular weight excluding hydrogens is 446 g/mol. The number of likely N-dealkylation sites (tertiary alicyclic amines) is 1. The predicted octanol–water partition coefficient (Wildman–Crippen LogP) is 4.82. The first-order valence-electron chi connectivity index (χ1n) is 12.2. The summed E-state index contributed by atoms with van der Waals surface area (Å²) in [4.78, 5) is 18.9. The van der Waals surface area contributed by atoms with E-state index in [0.717, 1.165) is 49.3 Å². The van der Waals surface area contributed by atoms with E-state index in [2.05, 4.69) is 46.5 Å². The Morgan fingerprint density at radius 2 is 1.91 bits per heavy atom. The molecule has 0 N–H and O–H groups in total. The molecule has 1 saturated heterocycles. The monoisotopic (exact) mass is 479 g/mol. The number of hydrogen-bond acceptors (Lipinski definition) is 6. The Kier molecular flexibility index (Phi) is 7.90. The van der Waals surface area contributed by atoms with E-state index < -0.39 is 0 Å². The van der Waals surface area contributed by atoms with E-state index in [9.17, 15) is 4.79 Å². The van der Waals surface area contributed by atoms with Crippen molar-refractivity contribution in [2.24, 2.45) is 5.92 Å². The Hall–Kier alpha value is -2.84. The maximum atomic E-state index is 12.3. The highest BCUT2D eigenvalue weighted by molar-refractivity contribution is 7.71. The molecule has 3 heterocycles. The number of rotatable bonds is 8. The van der Waals surface area contributed by atoms with Gasteiger partial charge in [-0.1, -0.05) is 32.0 Å². The van der Waals surface area contributed by atoms with Gasteiger partial charge < -0.3 is 4.74 Å². The quantitative estimate of drug-likeness (QED) is 0.341. The lowest BCUT2D eigenvalue weighted by atomic mass is 9.99. The number of pyridine rings is 1. The second kappa shape index (κ2) is 11.1. The first-order valence-corrected chi connectivity index (χ1v) is 12.6. The van der Waals surface area contributed by atoms with E-state index in [1.54, 1.807) is 6.20 Å². The zero-order valence-corrected chi connectivity index (χ0v) is 21.1. The molecule has 0 amide bonds. The van der Waals surface area contributed by atoms with E-state index >= 15 is 0 Å². The molecule has 1 fully saturated rings. The van der Waals surface area contributed by atoms with Crippen LogP contribution in [0.5, 0.6) is 0 Å². The summed E-state index contributed by atoms with van der Waals surface area (Å²) in [6.45, 7) is 8.68. The van der Waals surface area contributed by atoms with Crippen LogP contribution < -0.4 is 0 Å². The lowest BCUT2D eigenvalue weighted by Gasteiger charge is -2.31. The number of aryl methyl sites for hydroxylation is 2. The van der Waals surface area contributed by atoms with Gasteiger partial charge in [0.25, 0.3) is 0 Å². The molecule has 2 aromatic heterocycles. The van der Waals surface area contributed by atoms with Crippen LogP contribution in [0.15, 0.2) is 42.7 Å². The number of hydrogen-bond donors (Lipinski definition) is 0. The maximum Gasteiger partial charge on any atom is 0.310 e. The van der Waals surface area contributed by atoms with Crippen molar-refractivity contribution in [3.8, 4) is 17.1 Å². The lowest BCUT2D eigenvalue weighted by Crippen LogP contribution is -2.40. The van der Waals surface area contributed by atoms with Crippen molar-refractivity contribution in [2.75, 3.05) is 19.7 Å². The third kappa shape index (κ3) is 4.98. The van der Waals surface area contributed by atoms with Gasteiger partial charge in [0.05, 0.1) is 24.9 Å². The third-order valence-corrected chi connectivity index (χ3v) is 6.80. The minimum Gasteiger partial charge on any atom is -0.466 e. The molecule has 34 heavy (non-hydrogen) atoms. The standard InChI is InChI=1S/C26H33N5O2S/c1-4-19-10-7-11-20(5-2)23(19)31-24(21-12-8-14-27-16-21)28-30(26(31)34)18-29-15-9-13-22(17-29)25(32)33-6-3/h7-8,10-12,14,16,22H,4-6,9,13,15,17-18H2,1-3H3. The van der Waals surface area contributed by atoms with Gasteiger partial charge in [-0.25, -0.2) is 4.68 Å². The van der Waals surface area contributed by atoms with E-state index in [-0.39, 0.29) is 11.9 Å². The Bertz CT molecular complexity index is 1170. The largest absolute Gasteiger partial charge is 0.466 e. The van der Waals surface area contributed by atoms with Crippen LogP contribution >= 0.6 is 12.2 Å². The highest BCUT2D eigenvalue weighted by atomic mass is 32.1. The number of benzene rings is 1. The summed E-state index contributed by atoms with van der Waals surface area (Å²) >= 11 is 6.03. The second-order valence-corrected chi connectivity index (χ2v) is 8.99. The first kappa shape index (κ1) is 24.3. The fourth-order valence-electron chi connectivity index (χ4n) is 4.71. The van der Waals surface area contributed by atoms with Gasteiger partial charge in [0.15, 0.2) is 5.82 Å². The van der Waals surface area contributed by atoms with Crippen molar-refractivity contribution in [1.82, 2.24) is 24.2 Å². The number of aromatic nitrogens is 4. The summed E-state index contributed by atoms with van der Waals surface area (Å²) in [6, 6.07) is 10.4. The highest BCUT2D eigenvalue weighted by Gasteiger charge is 2.28. The van der Waals surface area contributed by atoms with E-state index in [0.29, 0.717) is 24.6 Å². The van der Waals surface area contributed by atoms with Crippen LogP contribution in [0.2, 0.25) is 0 Å². The van der Waals surface area contributed by atoms with Crippen molar-refractivity contribution >= 4 is 18.2 Å². The molecule has 4 rings (SSSR count). The summed E-state index contributed by atoms with van der Waals surface area (Å²) in [5, 5.41) is 4.99. The van der Waals surface area contributed by atoms with Gasteiger partial charge in [0, 0.05) is 24.5 Å². The van der Waals surface area contributed by atoms with Crippen molar-refractivity contribution in [1.29, 1.82) is 0 Å². The molecule has 0 aliphatic carbocycles. The molecule has 0 radical (unpaired) electrons. The smallest absolute Gasteiger partial charge is 0.310 e. The molecule has 7 nitrogen and oxygen atoms in total. The molecular formula is C26H33N5O2S. The first-order chi connectivity index (χ1) is 16.6. The number of esters is 1. The summed E-state index contributed by atoms with van der Waals surface area (Å²) < 4.78 is 9.91.